The summed E-state index contributed by atoms with van der Waals surface area (Å²) < 4.78 is 0. The van der Waals surface area contributed by atoms with Crippen LogP contribution in [0, 0.1) is 5.92 Å². The number of carbonyl (C=O) groups excluding carboxylic acids is 1. The number of halogens is 1. The number of piperidine rings is 1. The van der Waals surface area contributed by atoms with Gasteiger partial charge in [-0.1, -0.05) is 35.9 Å². The summed E-state index contributed by atoms with van der Waals surface area (Å²) in [7, 11) is 0. The standard InChI is InChI=1S/C22H21ClN2O/c23-20-10-8-17(9-11-20)22(26)19-7-3-13-25(15-19)14-18-5-1-4-16-6-2-12-24-21(16)18/h1-2,4-6,8-12,19H,3,7,13-15H2/t19-/m0/s1. The van der Waals surface area contributed by atoms with Gasteiger partial charge in [0.05, 0.1) is 5.52 Å². The predicted molar refractivity (Wildman–Crippen MR) is 106 cm³/mol. The molecule has 3 nitrogen and oxygen atoms in total. The van der Waals surface area contributed by atoms with Crippen molar-refractivity contribution in [2.75, 3.05) is 13.1 Å². The largest absolute Gasteiger partial charge is 0.298 e. The zero-order valence-corrected chi connectivity index (χ0v) is 15.3. The SMILES string of the molecule is O=C(c1ccc(Cl)cc1)[C@H]1CCCN(Cc2cccc3cccnc23)C1. The number of benzene rings is 2. The van der Waals surface area contributed by atoms with E-state index >= 15 is 0 Å². The van der Waals surface area contributed by atoms with Crippen molar-refractivity contribution in [2.45, 2.75) is 19.4 Å². The van der Waals surface area contributed by atoms with E-state index in [0.717, 1.165) is 48.9 Å². The van der Waals surface area contributed by atoms with Crippen molar-refractivity contribution in [3.8, 4) is 0 Å². The number of pyridine rings is 1. The zero-order chi connectivity index (χ0) is 17.9. The first-order chi connectivity index (χ1) is 12.7. The minimum Gasteiger partial charge on any atom is -0.298 e. The molecule has 1 saturated heterocycles. The highest BCUT2D eigenvalue weighted by atomic mass is 35.5. The second-order valence-corrected chi connectivity index (χ2v) is 7.37. The molecule has 0 spiro atoms. The van der Waals surface area contributed by atoms with Crippen LogP contribution in [0.25, 0.3) is 10.9 Å². The highest BCUT2D eigenvalue weighted by molar-refractivity contribution is 6.30. The van der Waals surface area contributed by atoms with E-state index < -0.39 is 0 Å². The number of hydrogen-bond donors (Lipinski definition) is 0. The quantitative estimate of drug-likeness (QED) is 0.612. The normalized spacial score (nSPS) is 18.1. The number of likely N-dealkylation sites (tertiary alicyclic amines) is 1. The van der Waals surface area contributed by atoms with Crippen molar-refractivity contribution < 1.29 is 4.79 Å². The van der Waals surface area contributed by atoms with E-state index in [9.17, 15) is 4.79 Å². The lowest BCUT2D eigenvalue weighted by Crippen LogP contribution is -2.38. The molecule has 0 radical (unpaired) electrons. The van der Waals surface area contributed by atoms with Gasteiger partial charge in [-0.3, -0.25) is 14.7 Å². The van der Waals surface area contributed by atoms with Crippen molar-refractivity contribution in [2.24, 2.45) is 5.92 Å². The molecule has 0 saturated carbocycles. The van der Waals surface area contributed by atoms with Gasteiger partial charge in [0, 0.05) is 41.2 Å². The van der Waals surface area contributed by atoms with Crippen LogP contribution < -0.4 is 0 Å². The Hall–Kier alpha value is -2.23. The Balaban J connectivity index is 1.50. The monoisotopic (exact) mass is 364 g/mol. The van der Waals surface area contributed by atoms with Crippen LogP contribution in [0.3, 0.4) is 0 Å². The third kappa shape index (κ3) is 3.64. The van der Waals surface area contributed by atoms with Crippen molar-refractivity contribution in [3.63, 3.8) is 0 Å². The van der Waals surface area contributed by atoms with Crippen LogP contribution >= 0.6 is 11.6 Å². The Kier molecular flexibility index (Phi) is 5.00. The molecule has 0 N–H and O–H groups in total. The maximum Gasteiger partial charge on any atom is 0.167 e. The number of nitrogens with zero attached hydrogens (tertiary/aromatic N) is 2. The molecule has 0 aliphatic carbocycles. The van der Waals surface area contributed by atoms with Gasteiger partial charge in [-0.2, -0.15) is 0 Å². The summed E-state index contributed by atoms with van der Waals surface area (Å²) in [5.41, 5.74) is 3.04. The second-order valence-electron chi connectivity index (χ2n) is 6.94. The van der Waals surface area contributed by atoms with E-state index in [0.29, 0.717) is 5.02 Å². The van der Waals surface area contributed by atoms with Gasteiger partial charge in [-0.05, 0) is 55.3 Å². The van der Waals surface area contributed by atoms with E-state index in [1.807, 2.05) is 24.4 Å². The van der Waals surface area contributed by atoms with Gasteiger partial charge in [-0.15, -0.1) is 0 Å². The third-order valence-corrected chi connectivity index (χ3v) is 5.37. The molecule has 0 amide bonds. The number of para-hydroxylation sites is 1. The summed E-state index contributed by atoms with van der Waals surface area (Å²) in [5, 5.41) is 1.83. The van der Waals surface area contributed by atoms with Crippen LogP contribution in [0.1, 0.15) is 28.8 Å². The van der Waals surface area contributed by atoms with Crippen molar-refractivity contribution in [3.05, 3.63) is 76.9 Å². The molecule has 1 aliphatic rings. The van der Waals surface area contributed by atoms with Crippen LogP contribution in [0.5, 0.6) is 0 Å². The highest BCUT2D eigenvalue weighted by Crippen LogP contribution is 2.25. The van der Waals surface area contributed by atoms with Crippen LogP contribution in [0.2, 0.25) is 5.02 Å². The van der Waals surface area contributed by atoms with Gasteiger partial charge in [0.2, 0.25) is 0 Å². The summed E-state index contributed by atoms with van der Waals surface area (Å²) in [5.74, 6) is 0.273. The topological polar surface area (TPSA) is 33.2 Å². The van der Waals surface area contributed by atoms with Gasteiger partial charge < -0.3 is 0 Å². The first kappa shape index (κ1) is 17.2. The Morgan fingerprint density at radius 2 is 1.92 bits per heavy atom. The van der Waals surface area contributed by atoms with Crippen LogP contribution in [0.4, 0.5) is 0 Å². The van der Waals surface area contributed by atoms with E-state index in [-0.39, 0.29) is 11.7 Å². The molecule has 2 heterocycles. The molecule has 2 aromatic carbocycles. The molecule has 26 heavy (non-hydrogen) atoms. The molecule has 1 aromatic heterocycles. The number of ketones is 1. The van der Waals surface area contributed by atoms with Crippen molar-refractivity contribution in [1.29, 1.82) is 0 Å². The molecule has 1 atom stereocenters. The first-order valence-corrected chi connectivity index (χ1v) is 9.43. The maximum absolute atomic E-state index is 12.8. The fraction of sp³-hybridized carbons (Fsp3) is 0.273. The summed E-state index contributed by atoms with van der Waals surface area (Å²) in [6.07, 6.45) is 3.84. The lowest BCUT2D eigenvalue weighted by atomic mass is 9.89. The van der Waals surface area contributed by atoms with Crippen LogP contribution in [-0.4, -0.2) is 28.8 Å². The lowest BCUT2D eigenvalue weighted by Gasteiger charge is -2.32. The summed E-state index contributed by atoms with van der Waals surface area (Å²) in [6, 6.07) is 17.6. The van der Waals surface area contributed by atoms with Crippen LogP contribution in [-0.2, 0) is 6.54 Å². The Morgan fingerprint density at radius 3 is 2.77 bits per heavy atom. The molecule has 4 heteroatoms. The van der Waals surface area contributed by atoms with E-state index in [1.165, 1.54) is 5.56 Å². The number of hydrogen-bond acceptors (Lipinski definition) is 3. The minimum absolute atomic E-state index is 0.0489. The van der Waals surface area contributed by atoms with E-state index in [4.69, 9.17) is 11.6 Å². The number of Topliss-reactive ketones (excluding diaryl/α,β-unsaturated/α-hetero) is 1. The first-order valence-electron chi connectivity index (χ1n) is 9.05. The number of rotatable bonds is 4. The number of carbonyl (C=O) groups is 1. The van der Waals surface area contributed by atoms with Gasteiger partial charge in [0.25, 0.3) is 0 Å². The lowest BCUT2D eigenvalue weighted by molar-refractivity contribution is 0.0812. The minimum atomic E-state index is 0.0489. The fourth-order valence-corrected chi connectivity index (χ4v) is 3.92. The fourth-order valence-electron chi connectivity index (χ4n) is 3.80. The van der Waals surface area contributed by atoms with Gasteiger partial charge in [0.15, 0.2) is 5.78 Å². The molecule has 132 valence electrons. The smallest absolute Gasteiger partial charge is 0.167 e. The van der Waals surface area contributed by atoms with Gasteiger partial charge in [-0.25, -0.2) is 0 Å². The van der Waals surface area contributed by atoms with Gasteiger partial charge >= 0.3 is 0 Å². The Morgan fingerprint density at radius 1 is 1.12 bits per heavy atom. The molecule has 0 unspecified atom stereocenters. The number of fused-ring (bicyclic) bond motifs is 1. The van der Waals surface area contributed by atoms with Crippen LogP contribution in [0.15, 0.2) is 60.8 Å². The highest BCUT2D eigenvalue weighted by Gasteiger charge is 2.26. The summed E-state index contributed by atoms with van der Waals surface area (Å²) >= 11 is 5.94. The molecule has 0 bridgehead atoms. The average molecular weight is 365 g/mol. The van der Waals surface area contributed by atoms with Gasteiger partial charge in [0.1, 0.15) is 0 Å². The maximum atomic E-state index is 12.8. The Labute approximate surface area is 158 Å². The molecular weight excluding hydrogens is 344 g/mol. The Bertz CT molecular complexity index is 918. The summed E-state index contributed by atoms with van der Waals surface area (Å²) in [4.78, 5) is 19.8. The second kappa shape index (κ2) is 7.56. The van der Waals surface area contributed by atoms with Crippen molar-refractivity contribution in [1.82, 2.24) is 9.88 Å². The summed E-state index contributed by atoms with van der Waals surface area (Å²) in [6.45, 7) is 2.65. The van der Waals surface area contributed by atoms with E-state index in [1.54, 1.807) is 12.1 Å². The molecule has 1 aliphatic heterocycles. The van der Waals surface area contributed by atoms with E-state index in [2.05, 4.69) is 34.1 Å². The average Bonchev–Trinajstić information content (AvgIpc) is 2.69. The number of aromatic nitrogens is 1. The van der Waals surface area contributed by atoms with Crippen molar-refractivity contribution >= 4 is 28.3 Å². The molecule has 4 rings (SSSR count). The third-order valence-electron chi connectivity index (χ3n) is 5.12. The zero-order valence-electron chi connectivity index (χ0n) is 14.6. The molecule has 1 fully saturated rings. The predicted octanol–water partition coefficient (Wildman–Crippen LogP) is 4.98. The molecule has 3 aromatic rings. The molecular formula is C22H21ClN2O.